The van der Waals surface area contributed by atoms with Crippen molar-refractivity contribution in [3.8, 4) is 6.07 Å². The molecule has 0 aliphatic carbocycles. The third kappa shape index (κ3) is 4.37. The summed E-state index contributed by atoms with van der Waals surface area (Å²) in [5.41, 5.74) is 11.2. The first-order valence-electron chi connectivity index (χ1n) is 9.31. The minimum Gasteiger partial charge on any atom is -0.398 e. The van der Waals surface area contributed by atoms with E-state index in [1.54, 1.807) is 24.3 Å². The van der Waals surface area contributed by atoms with E-state index in [2.05, 4.69) is 0 Å². The SMILES string of the molecule is Cc1c(/C(C#N)=C(/N)Sc2ccccc2N)cccc1C(O)c1c(F)c(F)c(F)c(F)c1F. The van der Waals surface area contributed by atoms with Crippen molar-refractivity contribution in [3.05, 3.63) is 98.8 Å². The van der Waals surface area contributed by atoms with E-state index in [0.717, 1.165) is 11.8 Å². The van der Waals surface area contributed by atoms with Crippen LogP contribution < -0.4 is 11.5 Å². The van der Waals surface area contributed by atoms with Crippen LogP contribution in [0.25, 0.3) is 5.57 Å². The van der Waals surface area contributed by atoms with Gasteiger partial charge in [0.2, 0.25) is 5.82 Å². The number of hydrogen-bond donors (Lipinski definition) is 3. The summed E-state index contributed by atoms with van der Waals surface area (Å²) in [4.78, 5) is 0.581. The fourth-order valence-electron chi connectivity index (χ4n) is 3.23. The van der Waals surface area contributed by atoms with E-state index in [-0.39, 0.29) is 27.3 Å². The molecule has 3 aromatic rings. The number of nitrogens with two attached hydrogens (primary N) is 2. The van der Waals surface area contributed by atoms with Gasteiger partial charge >= 0.3 is 0 Å². The van der Waals surface area contributed by atoms with Crippen LogP contribution in [0.15, 0.2) is 52.4 Å². The van der Waals surface area contributed by atoms with Crippen LogP contribution >= 0.6 is 11.8 Å². The van der Waals surface area contributed by atoms with Crippen molar-refractivity contribution < 1.29 is 27.1 Å². The van der Waals surface area contributed by atoms with Crippen LogP contribution in [0.4, 0.5) is 27.6 Å². The average molecular weight is 477 g/mol. The lowest BCUT2D eigenvalue weighted by Gasteiger charge is -2.19. The lowest BCUT2D eigenvalue weighted by Crippen LogP contribution is -2.14. The molecule has 0 bridgehead atoms. The molecule has 0 fully saturated rings. The molecular formula is C23H16F5N3OS. The molecule has 33 heavy (non-hydrogen) atoms. The van der Waals surface area contributed by atoms with Crippen LogP contribution in [0.1, 0.15) is 28.4 Å². The van der Waals surface area contributed by atoms with E-state index in [1.165, 1.54) is 25.1 Å². The van der Waals surface area contributed by atoms with Crippen LogP contribution in [-0.4, -0.2) is 5.11 Å². The average Bonchev–Trinajstić information content (AvgIpc) is 2.79. The third-order valence-corrected chi connectivity index (χ3v) is 5.97. The highest BCUT2D eigenvalue weighted by Gasteiger charge is 2.31. The number of benzene rings is 3. The maximum atomic E-state index is 14.2. The lowest BCUT2D eigenvalue weighted by atomic mass is 9.91. The molecule has 10 heteroatoms. The van der Waals surface area contributed by atoms with E-state index in [1.807, 2.05) is 6.07 Å². The van der Waals surface area contributed by atoms with Crippen LogP contribution in [0.3, 0.4) is 0 Å². The van der Waals surface area contributed by atoms with Crippen LogP contribution in [0.5, 0.6) is 0 Å². The number of para-hydroxylation sites is 1. The Balaban J connectivity index is 2.12. The number of nitrogens with zero attached hydrogens (tertiary/aromatic N) is 1. The summed E-state index contributed by atoms with van der Waals surface area (Å²) >= 11 is 1.01. The molecule has 0 heterocycles. The smallest absolute Gasteiger partial charge is 0.200 e. The lowest BCUT2D eigenvalue weighted by molar-refractivity contribution is 0.202. The van der Waals surface area contributed by atoms with Crippen molar-refractivity contribution in [2.75, 3.05) is 5.73 Å². The Hall–Kier alpha value is -3.55. The summed E-state index contributed by atoms with van der Waals surface area (Å²) in [6.45, 7) is 1.42. The zero-order chi connectivity index (χ0) is 24.4. The van der Waals surface area contributed by atoms with Gasteiger partial charge in [-0.3, -0.25) is 0 Å². The predicted molar refractivity (Wildman–Crippen MR) is 115 cm³/mol. The Labute approximate surface area is 189 Å². The van der Waals surface area contributed by atoms with Gasteiger partial charge in [-0.25, -0.2) is 22.0 Å². The summed E-state index contributed by atoms with van der Waals surface area (Å²) in [5.74, 6) is -11.0. The molecule has 0 amide bonds. The Bertz CT molecular complexity index is 1290. The maximum Gasteiger partial charge on any atom is 0.200 e. The summed E-state index contributed by atoms with van der Waals surface area (Å²) < 4.78 is 69.1. The normalized spacial score (nSPS) is 12.8. The van der Waals surface area contributed by atoms with Crippen molar-refractivity contribution in [1.82, 2.24) is 0 Å². The standard InChI is InChI=1S/C23H16F5N3OS/c1-10-11(13(9-29)23(31)33-15-8-3-2-7-14(15)30)5-4-6-12(10)22(32)16-17(24)19(26)21(28)20(27)18(16)25/h2-8,22,32H,30-31H2,1H3/b23-13-. The number of nitrogen functional groups attached to an aromatic ring is 1. The highest BCUT2D eigenvalue weighted by molar-refractivity contribution is 8.03. The van der Waals surface area contributed by atoms with Crippen LogP contribution in [-0.2, 0) is 0 Å². The first-order chi connectivity index (χ1) is 15.6. The molecule has 3 rings (SSSR count). The van der Waals surface area contributed by atoms with E-state index < -0.39 is 40.8 Å². The largest absolute Gasteiger partial charge is 0.398 e. The molecule has 0 saturated carbocycles. The Morgan fingerprint density at radius 3 is 2.09 bits per heavy atom. The third-order valence-electron chi connectivity index (χ3n) is 4.95. The monoisotopic (exact) mass is 477 g/mol. The molecule has 3 aromatic carbocycles. The second-order valence-electron chi connectivity index (χ2n) is 6.90. The topological polar surface area (TPSA) is 96.1 Å². The first-order valence-corrected chi connectivity index (χ1v) is 10.1. The molecule has 0 aliphatic heterocycles. The molecule has 0 aromatic heterocycles. The summed E-state index contributed by atoms with van der Waals surface area (Å²) in [6.07, 6.45) is -2.20. The number of allylic oxidation sites excluding steroid dienone is 1. The zero-order valence-corrected chi connectivity index (χ0v) is 17.8. The highest BCUT2D eigenvalue weighted by atomic mass is 32.2. The second-order valence-corrected chi connectivity index (χ2v) is 7.98. The summed E-state index contributed by atoms with van der Waals surface area (Å²) in [5, 5.41) is 20.3. The Morgan fingerprint density at radius 2 is 1.52 bits per heavy atom. The molecule has 170 valence electrons. The Kier molecular flexibility index (Phi) is 6.95. The number of aliphatic hydroxyl groups is 1. The van der Waals surface area contributed by atoms with Gasteiger partial charge < -0.3 is 16.6 Å². The number of rotatable bonds is 5. The first kappa shape index (κ1) is 24.1. The number of nitriles is 1. The van der Waals surface area contributed by atoms with Crippen molar-refractivity contribution in [2.45, 2.75) is 17.9 Å². The molecule has 5 N–H and O–H groups in total. The highest BCUT2D eigenvalue weighted by Crippen LogP contribution is 2.37. The van der Waals surface area contributed by atoms with Gasteiger partial charge in [-0.2, -0.15) is 5.26 Å². The van der Waals surface area contributed by atoms with Gasteiger partial charge in [0.25, 0.3) is 0 Å². The van der Waals surface area contributed by atoms with Crippen molar-refractivity contribution >= 4 is 23.0 Å². The Morgan fingerprint density at radius 1 is 0.939 bits per heavy atom. The number of hydrogen-bond acceptors (Lipinski definition) is 5. The van der Waals surface area contributed by atoms with Crippen LogP contribution in [0, 0.1) is 47.3 Å². The minimum absolute atomic E-state index is 0.0211. The predicted octanol–water partition coefficient (Wildman–Crippen LogP) is 5.30. The van der Waals surface area contributed by atoms with Crippen molar-refractivity contribution in [1.29, 1.82) is 5.26 Å². The molecule has 0 spiro atoms. The van der Waals surface area contributed by atoms with E-state index in [0.29, 0.717) is 10.6 Å². The van der Waals surface area contributed by atoms with Crippen molar-refractivity contribution in [2.24, 2.45) is 5.73 Å². The van der Waals surface area contributed by atoms with E-state index >= 15 is 0 Å². The number of thioether (sulfide) groups is 1. The fourth-order valence-corrected chi connectivity index (χ4v) is 4.06. The molecule has 0 aliphatic rings. The number of aliphatic hydroxyl groups excluding tert-OH is 1. The summed E-state index contributed by atoms with van der Waals surface area (Å²) in [6, 6.07) is 12.8. The summed E-state index contributed by atoms with van der Waals surface area (Å²) in [7, 11) is 0. The van der Waals surface area contributed by atoms with Gasteiger partial charge in [0, 0.05) is 10.6 Å². The van der Waals surface area contributed by atoms with Gasteiger partial charge in [0.15, 0.2) is 23.3 Å². The maximum absolute atomic E-state index is 14.2. The number of anilines is 1. The van der Waals surface area contributed by atoms with Gasteiger partial charge in [0.05, 0.1) is 16.2 Å². The molecular weight excluding hydrogens is 461 g/mol. The second kappa shape index (κ2) is 9.52. The van der Waals surface area contributed by atoms with Gasteiger partial charge in [0.1, 0.15) is 12.2 Å². The van der Waals surface area contributed by atoms with Gasteiger partial charge in [-0.05, 0) is 35.7 Å². The molecule has 0 saturated heterocycles. The van der Waals surface area contributed by atoms with Gasteiger partial charge in [-0.1, -0.05) is 42.1 Å². The fraction of sp³-hybridized carbons (Fsp3) is 0.0870. The minimum atomic E-state index is -2.33. The number of halogens is 5. The quantitative estimate of drug-likeness (QED) is 0.116. The zero-order valence-electron chi connectivity index (χ0n) is 17.0. The molecule has 1 unspecified atom stereocenters. The molecule has 0 radical (unpaired) electrons. The van der Waals surface area contributed by atoms with E-state index in [9.17, 15) is 32.3 Å². The van der Waals surface area contributed by atoms with Crippen LogP contribution in [0.2, 0.25) is 0 Å². The van der Waals surface area contributed by atoms with E-state index in [4.69, 9.17) is 11.5 Å². The van der Waals surface area contributed by atoms with Crippen molar-refractivity contribution in [3.63, 3.8) is 0 Å². The molecule has 1 atom stereocenters. The molecule has 4 nitrogen and oxygen atoms in total. The van der Waals surface area contributed by atoms with Gasteiger partial charge in [-0.15, -0.1) is 0 Å².